The lowest BCUT2D eigenvalue weighted by atomic mass is 10.0. The van der Waals surface area contributed by atoms with E-state index in [1.54, 1.807) is 6.92 Å². The summed E-state index contributed by atoms with van der Waals surface area (Å²) in [6.45, 7) is 9.51. The zero-order valence-corrected chi connectivity index (χ0v) is 21.7. The molecule has 0 saturated carbocycles. The minimum absolute atomic E-state index is 0.102. The number of hydrogen-bond donors (Lipinski definition) is 1. The number of rotatable bonds is 10. The van der Waals surface area contributed by atoms with Crippen molar-refractivity contribution in [2.75, 3.05) is 6.61 Å². The van der Waals surface area contributed by atoms with E-state index in [1.165, 1.54) is 0 Å². The lowest BCUT2D eigenvalue weighted by Crippen LogP contribution is -2.50. The molecule has 0 aliphatic heterocycles. The largest absolute Gasteiger partial charge is 0.464 e. The van der Waals surface area contributed by atoms with Gasteiger partial charge in [-0.25, -0.2) is 4.79 Å². The smallest absolute Gasteiger partial charge is 0.328 e. The fourth-order valence-corrected chi connectivity index (χ4v) is 4.69. The van der Waals surface area contributed by atoms with E-state index in [2.05, 4.69) is 53.3 Å². The third kappa shape index (κ3) is 5.27. The number of fused-ring (bicyclic) bond motifs is 3. The van der Waals surface area contributed by atoms with Crippen molar-refractivity contribution in [1.29, 1.82) is 0 Å². The Kier molecular flexibility index (Phi) is 8.04. The summed E-state index contributed by atoms with van der Waals surface area (Å²) in [5, 5.41) is 5.11. The number of unbranched alkanes of at least 4 members (excludes halogenated alkanes) is 1. The molecule has 0 spiro atoms. The average molecular weight is 487 g/mol. The molecule has 4 aromatic rings. The van der Waals surface area contributed by atoms with Crippen molar-refractivity contribution in [1.82, 2.24) is 9.88 Å². The molecule has 6 heteroatoms. The minimum atomic E-state index is -0.718. The highest BCUT2D eigenvalue weighted by Crippen LogP contribution is 2.29. The van der Waals surface area contributed by atoms with Gasteiger partial charge < -0.3 is 14.6 Å². The number of carbonyl (C=O) groups is 2. The molecule has 1 amide bonds. The van der Waals surface area contributed by atoms with E-state index in [4.69, 9.17) is 4.74 Å². The summed E-state index contributed by atoms with van der Waals surface area (Å²) in [6.07, 6.45) is 4.26. The number of carbonyl (C=O) groups excluding carboxylic acids is 2. The summed E-state index contributed by atoms with van der Waals surface area (Å²) in [7, 11) is 0. The zero-order valence-electron chi connectivity index (χ0n) is 21.7. The van der Waals surface area contributed by atoms with Gasteiger partial charge in [0.2, 0.25) is 0 Å². The molecule has 2 heterocycles. The van der Waals surface area contributed by atoms with Crippen molar-refractivity contribution < 1.29 is 18.9 Å². The number of amides is 1. The van der Waals surface area contributed by atoms with E-state index in [0.717, 1.165) is 46.8 Å². The first-order chi connectivity index (χ1) is 17.4. The Balaban J connectivity index is 1.86. The van der Waals surface area contributed by atoms with E-state index >= 15 is 0 Å². The van der Waals surface area contributed by atoms with Crippen LogP contribution in [-0.2, 0) is 22.6 Å². The predicted molar refractivity (Wildman–Crippen MR) is 143 cm³/mol. The van der Waals surface area contributed by atoms with Gasteiger partial charge in [-0.2, -0.15) is 4.57 Å². The number of nitrogens with zero attached hydrogens (tertiary/aromatic N) is 2. The van der Waals surface area contributed by atoms with Crippen LogP contribution >= 0.6 is 0 Å². The molecular weight excluding hydrogens is 450 g/mol. The van der Waals surface area contributed by atoms with E-state index < -0.39 is 12.0 Å². The maximum atomic E-state index is 13.7. The van der Waals surface area contributed by atoms with Gasteiger partial charge in [-0.1, -0.05) is 75.7 Å². The van der Waals surface area contributed by atoms with Crippen molar-refractivity contribution in [2.45, 2.75) is 59.7 Å². The average Bonchev–Trinajstić information content (AvgIpc) is 3.18. The molecule has 0 fully saturated rings. The van der Waals surface area contributed by atoms with Crippen LogP contribution in [0.4, 0.5) is 0 Å². The Morgan fingerprint density at radius 3 is 2.39 bits per heavy atom. The Hall–Kier alpha value is -3.67. The quantitative estimate of drug-likeness (QED) is 0.246. The lowest BCUT2D eigenvalue weighted by molar-refractivity contribution is -0.689. The maximum absolute atomic E-state index is 13.7. The first kappa shape index (κ1) is 25.4. The van der Waals surface area contributed by atoms with E-state index in [9.17, 15) is 9.59 Å². The van der Waals surface area contributed by atoms with Crippen molar-refractivity contribution in [3.63, 3.8) is 0 Å². The van der Waals surface area contributed by atoms with Gasteiger partial charge in [-0.3, -0.25) is 4.79 Å². The van der Waals surface area contributed by atoms with Crippen LogP contribution < -0.4 is 9.88 Å². The highest BCUT2D eigenvalue weighted by atomic mass is 16.5. The molecule has 0 bridgehead atoms. The number of hydrogen-bond acceptors (Lipinski definition) is 3. The monoisotopic (exact) mass is 486 g/mol. The topological polar surface area (TPSA) is 64.2 Å². The molecular formula is C30H36N3O3+. The predicted octanol–water partition coefficient (Wildman–Crippen LogP) is 5.25. The number of ether oxygens (including phenoxy) is 1. The molecule has 0 unspecified atom stereocenters. The molecule has 0 saturated heterocycles. The number of aromatic nitrogens is 2. The van der Waals surface area contributed by atoms with Crippen LogP contribution in [0.5, 0.6) is 0 Å². The van der Waals surface area contributed by atoms with Crippen LogP contribution in [0.1, 0.15) is 56.6 Å². The first-order valence-corrected chi connectivity index (χ1v) is 12.9. The summed E-state index contributed by atoms with van der Waals surface area (Å²) >= 11 is 0. The molecule has 36 heavy (non-hydrogen) atoms. The van der Waals surface area contributed by atoms with E-state index in [1.807, 2.05) is 48.7 Å². The number of esters is 1. The van der Waals surface area contributed by atoms with E-state index in [0.29, 0.717) is 12.2 Å². The third-order valence-corrected chi connectivity index (χ3v) is 6.58. The molecule has 1 atom stereocenters. The van der Waals surface area contributed by atoms with Gasteiger partial charge in [-0.15, -0.1) is 0 Å². The highest BCUT2D eigenvalue weighted by molar-refractivity contribution is 6.09. The fraction of sp³-hybridized carbons (Fsp3) is 0.367. The van der Waals surface area contributed by atoms with Crippen LogP contribution in [-0.4, -0.2) is 29.1 Å². The third-order valence-electron chi connectivity index (χ3n) is 6.58. The molecule has 6 nitrogen and oxygen atoms in total. The molecule has 2 aromatic heterocycles. The number of aryl methyl sites for hydroxylation is 1. The fourth-order valence-electron chi connectivity index (χ4n) is 4.69. The van der Waals surface area contributed by atoms with Crippen LogP contribution in [0.2, 0.25) is 0 Å². The van der Waals surface area contributed by atoms with Crippen LogP contribution in [0.25, 0.3) is 21.8 Å². The first-order valence-electron chi connectivity index (χ1n) is 12.9. The normalized spacial score (nSPS) is 12.2. The Labute approximate surface area is 212 Å². The summed E-state index contributed by atoms with van der Waals surface area (Å²) in [6, 6.07) is 19.7. The number of nitrogens with one attached hydrogen (secondary N) is 1. The van der Waals surface area contributed by atoms with Gasteiger partial charge in [-0.05, 0) is 25.3 Å². The molecule has 0 radical (unpaired) electrons. The van der Waals surface area contributed by atoms with Crippen LogP contribution in [0, 0.1) is 5.92 Å². The van der Waals surface area contributed by atoms with Gasteiger partial charge >= 0.3 is 11.9 Å². The number of benzene rings is 2. The molecule has 1 N–H and O–H groups in total. The maximum Gasteiger partial charge on any atom is 0.328 e. The Morgan fingerprint density at radius 1 is 0.972 bits per heavy atom. The van der Waals surface area contributed by atoms with Gasteiger partial charge in [0.15, 0.2) is 12.7 Å². The lowest BCUT2D eigenvalue weighted by Gasteiger charge is -2.20. The summed E-state index contributed by atoms with van der Waals surface area (Å²) in [5.41, 5.74) is 3.87. The molecule has 0 aliphatic carbocycles. The van der Waals surface area contributed by atoms with E-state index in [-0.39, 0.29) is 18.4 Å². The standard InChI is InChI=1S/C30H35N3O3/c1-5-7-17-33-25-16-12-11-15-23(25)24-18-26(29(34)31-28(21(3)4)30(35)36-6-2)32(20-27(24)33)19-22-13-9-8-10-14-22/h8-16,18,20-21,28H,5-7,17,19H2,1-4H3/p+1/t28-/m0/s1. The van der Waals surface area contributed by atoms with Crippen LogP contribution in [0.3, 0.4) is 0 Å². The number of pyridine rings is 1. The summed E-state index contributed by atoms with van der Waals surface area (Å²) < 4.78 is 9.58. The Bertz CT molecular complexity index is 1360. The van der Waals surface area contributed by atoms with Crippen molar-refractivity contribution >= 4 is 33.7 Å². The molecule has 4 rings (SSSR count). The van der Waals surface area contributed by atoms with Crippen molar-refractivity contribution in [2.24, 2.45) is 5.92 Å². The second-order valence-corrected chi connectivity index (χ2v) is 9.54. The number of para-hydroxylation sites is 1. The molecule has 0 aliphatic rings. The van der Waals surface area contributed by atoms with Crippen molar-refractivity contribution in [3.8, 4) is 0 Å². The minimum Gasteiger partial charge on any atom is -0.464 e. The van der Waals surface area contributed by atoms with Gasteiger partial charge in [0, 0.05) is 34.5 Å². The summed E-state index contributed by atoms with van der Waals surface area (Å²) in [5.74, 6) is -0.798. The van der Waals surface area contributed by atoms with Gasteiger partial charge in [0.25, 0.3) is 5.69 Å². The summed E-state index contributed by atoms with van der Waals surface area (Å²) in [4.78, 5) is 26.3. The molecule has 2 aromatic carbocycles. The SMILES string of the molecule is CCCCn1c2ccccc2c2cc(C(=O)N[C@H](C(=O)OCC)C(C)C)[n+](Cc3ccccc3)cc21. The van der Waals surface area contributed by atoms with Crippen LogP contribution in [0.15, 0.2) is 66.9 Å². The van der Waals surface area contributed by atoms with Gasteiger partial charge in [0.05, 0.1) is 6.61 Å². The second-order valence-electron chi connectivity index (χ2n) is 9.54. The Morgan fingerprint density at radius 2 is 1.69 bits per heavy atom. The molecule has 188 valence electrons. The second kappa shape index (κ2) is 11.4. The van der Waals surface area contributed by atoms with Gasteiger partial charge in [0.1, 0.15) is 11.6 Å². The van der Waals surface area contributed by atoms with Crippen molar-refractivity contribution in [3.05, 3.63) is 78.1 Å². The zero-order chi connectivity index (χ0) is 25.7. The highest BCUT2D eigenvalue weighted by Gasteiger charge is 2.30.